The predicted octanol–water partition coefficient (Wildman–Crippen LogP) is 4.54. The van der Waals surface area contributed by atoms with Crippen LogP contribution in [0.4, 0.5) is 18.9 Å². The van der Waals surface area contributed by atoms with Gasteiger partial charge in [-0.25, -0.2) is 9.78 Å². The van der Waals surface area contributed by atoms with Gasteiger partial charge >= 0.3 is 12.3 Å². The summed E-state index contributed by atoms with van der Waals surface area (Å²) in [5.41, 5.74) is 0.995. The molecule has 2 heterocycles. The van der Waals surface area contributed by atoms with E-state index in [1.165, 1.54) is 18.3 Å². The van der Waals surface area contributed by atoms with Crippen molar-refractivity contribution in [1.82, 2.24) is 4.98 Å². The van der Waals surface area contributed by atoms with Crippen molar-refractivity contribution in [2.24, 2.45) is 0 Å². The SMILES string of the molecule is CCOc1nccc2c1C(c1ccc(C#N)cc1OC(F)(F)F)C(C(=O)OCCC#N)=C(C)N2. The third kappa shape index (κ3) is 5.21. The molecule has 1 aromatic carbocycles. The number of carbonyl (C=O) groups excluding carboxylic acids is 1. The highest BCUT2D eigenvalue weighted by atomic mass is 19.4. The maximum atomic E-state index is 13.3. The Hall–Kier alpha value is -4.25. The fourth-order valence-electron chi connectivity index (χ4n) is 3.63. The summed E-state index contributed by atoms with van der Waals surface area (Å²) in [6.45, 7) is 3.30. The minimum Gasteiger partial charge on any atom is -0.478 e. The number of benzene rings is 1. The Labute approximate surface area is 193 Å². The second-order valence-electron chi connectivity index (χ2n) is 7.06. The molecule has 3 rings (SSSR count). The van der Waals surface area contributed by atoms with E-state index in [9.17, 15) is 23.2 Å². The van der Waals surface area contributed by atoms with Gasteiger partial charge in [-0.15, -0.1) is 13.2 Å². The molecule has 1 aromatic heterocycles. The molecule has 0 saturated heterocycles. The van der Waals surface area contributed by atoms with Gasteiger partial charge in [0.15, 0.2) is 0 Å². The van der Waals surface area contributed by atoms with Crippen molar-refractivity contribution in [3.8, 4) is 23.8 Å². The molecule has 0 saturated carbocycles. The third-order valence-electron chi connectivity index (χ3n) is 4.88. The second-order valence-corrected chi connectivity index (χ2v) is 7.06. The lowest BCUT2D eigenvalue weighted by atomic mass is 9.80. The van der Waals surface area contributed by atoms with Crippen molar-refractivity contribution >= 4 is 11.7 Å². The number of nitrogens with zero attached hydrogens (tertiary/aromatic N) is 3. The van der Waals surface area contributed by atoms with E-state index >= 15 is 0 Å². The summed E-state index contributed by atoms with van der Waals surface area (Å²) in [4.78, 5) is 17.3. The molecule has 34 heavy (non-hydrogen) atoms. The molecule has 2 aromatic rings. The maximum Gasteiger partial charge on any atom is 0.573 e. The Kier molecular flexibility index (Phi) is 7.27. The largest absolute Gasteiger partial charge is 0.573 e. The van der Waals surface area contributed by atoms with Gasteiger partial charge in [-0.2, -0.15) is 10.5 Å². The standard InChI is InChI=1S/C23H19F3N4O4/c1-3-32-21-20-16(7-9-29-21)30-13(2)18(22(31)33-10-4-8-27)19(20)15-6-5-14(12-28)11-17(15)34-23(24,25)26/h5-7,9,11,19,30H,3-4,10H2,1-2H3. The molecular formula is C23H19F3N4O4. The van der Waals surface area contributed by atoms with Gasteiger partial charge in [0.2, 0.25) is 5.88 Å². The molecule has 1 aliphatic rings. The highest BCUT2D eigenvalue weighted by molar-refractivity contribution is 5.95. The number of hydrogen-bond donors (Lipinski definition) is 1. The first-order valence-electron chi connectivity index (χ1n) is 10.1. The number of hydrogen-bond acceptors (Lipinski definition) is 8. The Morgan fingerprint density at radius 1 is 1.26 bits per heavy atom. The predicted molar refractivity (Wildman–Crippen MR) is 113 cm³/mol. The summed E-state index contributed by atoms with van der Waals surface area (Å²) >= 11 is 0. The summed E-state index contributed by atoms with van der Waals surface area (Å²) in [5.74, 6) is -2.50. The van der Waals surface area contributed by atoms with Crippen LogP contribution in [0.25, 0.3) is 0 Å². The van der Waals surface area contributed by atoms with Gasteiger partial charge in [-0.1, -0.05) is 6.07 Å². The lowest BCUT2D eigenvalue weighted by Gasteiger charge is -2.32. The first-order valence-corrected chi connectivity index (χ1v) is 10.1. The van der Waals surface area contributed by atoms with Crippen LogP contribution in [0.2, 0.25) is 0 Å². The molecule has 176 valence electrons. The van der Waals surface area contributed by atoms with Crippen molar-refractivity contribution in [2.75, 3.05) is 18.5 Å². The Morgan fingerprint density at radius 3 is 2.68 bits per heavy atom. The lowest BCUT2D eigenvalue weighted by Crippen LogP contribution is -2.27. The van der Waals surface area contributed by atoms with E-state index in [-0.39, 0.29) is 42.2 Å². The van der Waals surface area contributed by atoms with Crippen LogP contribution in [-0.2, 0) is 9.53 Å². The Morgan fingerprint density at radius 2 is 2.03 bits per heavy atom. The van der Waals surface area contributed by atoms with Crippen molar-refractivity contribution in [3.05, 3.63) is 58.4 Å². The van der Waals surface area contributed by atoms with Gasteiger partial charge < -0.3 is 19.5 Å². The fourth-order valence-corrected chi connectivity index (χ4v) is 3.63. The monoisotopic (exact) mass is 472 g/mol. The molecular weight excluding hydrogens is 453 g/mol. The minimum atomic E-state index is -5.05. The molecule has 1 atom stereocenters. The molecule has 1 N–H and O–H groups in total. The summed E-state index contributed by atoms with van der Waals surface area (Å²) in [7, 11) is 0. The van der Waals surface area contributed by atoms with Crippen LogP contribution >= 0.6 is 0 Å². The van der Waals surface area contributed by atoms with Gasteiger partial charge in [0.25, 0.3) is 0 Å². The number of nitriles is 2. The van der Waals surface area contributed by atoms with Crippen molar-refractivity contribution < 1.29 is 32.2 Å². The molecule has 0 spiro atoms. The zero-order valence-corrected chi connectivity index (χ0v) is 18.2. The molecule has 0 amide bonds. The van der Waals surface area contributed by atoms with Crippen molar-refractivity contribution in [2.45, 2.75) is 32.5 Å². The van der Waals surface area contributed by atoms with Gasteiger partial charge in [0, 0.05) is 23.1 Å². The number of ether oxygens (including phenoxy) is 3. The van der Waals surface area contributed by atoms with Crippen LogP contribution in [0.15, 0.2) is 41.7 Å². The number of pyridine rings is 1. The first kappa shape index (κ1) is 24.4. The number of rotatable bonds is 7. The zero-order valence-electron chi connectivity index (χ0n) is 18.2. The van der Waals surface area contributed by atoms with E-state index in [0.717, 1.165) is 6.07 Å². The Bertz CT molecular complexity index is 1210. The first-order chi connectivity index (χ1) is 16.2. The fraction of sp³-hybridized carbons (Fsp3) is 0.304. The summed E-state index contributed by atoms with van der Waals surface area (Å²) in [6.07, 6.45) is -3.65. The number of esters is 1. The summed E-state index contributed by atoms with van der Waals surface area (Å²) < 4.78 is 54.9. The number of nitrogens with one attached hydrogen (secondary N) is 1. The normalized spacial score (nSPS) is 14.9. The number of carbonyl (C=O) groups is 1. The van der Waals surface area contributed by atoms with Gasteiger partial charge in [0.05, 0.1) is 47.8 Å². The molecule has 0 aliphatic carbocycles. The molecule has 11 heteroatoms. The van der Waals surface area contributed by atoms with E-state index in [0.29, 0.717) is 16.9 Å². The van der Waals surface area contributed by atoms with Crippen molar-refractivity contribution in [1.29, 1.82) is 10.5 Å². The van der Waals surface area contributed by atoms with E-state index < -0.39 is 24.0 Å². The highest BCUT2D eigenvalue weighted by Gasteiger charge is 2.40. The van der Waals surface area contributed by atoms with E-state index in [4.69, 9.17) is 14.7 Å². The van der Waals surface area contributed by atoms with Gasteiger partial charge in [-0.05, 0) is 32.0 Å². The van der Waals surface area contributed by atoms with E-state index in [1.54, 1.807) is 26.0 Å². The van der Waals surface area contributed by atoms with Gasteiger partial charge in [0.1, 0.15) is 12.4 Å². The smallest absolute Gasteiger partial charge is 0.478 e. The summed E-state index contributed by atoms with van der Waals surface area (Å²) in [5, 5.41) is 21.0. The molecule has 0 fully saturated rings. The molecule has 8 nitrogen and oxygen atoms in total. The molecule has 1 unspecified atom stereocenters. The maximum absolute atomic E-state index is 13.3. The average Bonchev–Trinajstić information content (AvgIpc) is 2.77. The summed E-state index contributed by atoms with van der Waals surface area (Å²) in [6, 6.07) is 8.80. The van der Waals surface area contributed by atoms with Crippen LogP contribution in [-0.4, -0.2) is 30.5 Å². The average molecular weight is 472 g/mol. The lowest BCUT2D eigenvalue weighted by molar-refractivity contribution is -0.274. The van der Waals surface area contributed by atoms with Crippen LogP contribution in [0, 0.1) is 22.7 Å². The van der Waals surface area contributed by atoms with Crippen LogP contribution in [0.1, 0.15) is 42.9 Å². The van der Waals surface area contributed by atoms with Crippen molar-refractivity contribution in [3.63, 3.8) is 0 Å². The topological polar surface area (TPSA) is 117 Å². The number of anilines is 1. The molecule has 0 radical (unpaired) electrons. The number of fused-ring (bicyclic) bond motifs is 1. The Balaban J connectivity index is 2.28. The molecule has 0 bridgehead atoms. The van der Waals surface area contributed by atoms with E-state index in [2.05, 4.69) is 15.0 Å². The van der Waals surface area contributed by atoms with Gasteiger partial charge in [-0.3, -0.25) is 0 Å². The quantitative estimate of drug-likeness (QED) is 0.461. The van der Waals surface area contributed by atoms with Crippen LogP contribution in [0.5, 0.6) is 11.6 Å². The second kappa shape index (κ2) is 10.1. The van der Waals surface area contributed by atoms with E-state index in [1.807, 2.05) is 6.07 Å². The number of alkyl halides is 3. The highest BCUT2D eigenvalue weighted by Crippen LogP contribution is 2.48. The number of halogens is 3. The molecule has 1 aliphatic heterocycles. The van der Waals surface area contributed by atoms with Crippen LogP contribution < -0.4 is 14.8 Å². The minimum absolute atomic E-state index is 0.00359. The third-order valence-corrected chi connectivity index (χ3v) is 4.88. The number of aromatic nitrogens is 1. The number of allylic oxidation sites excluding steroid dienone is 1. The van der Waals surface area contributed by atoms with Crippen LogP contribution in [0.3, 0.4) is 0 Å². The zero-order chi connectivity index (χ0) is 24.9.